The van der Waals surface area contributed by atoms with Gasteiger partial charge in [0.05, 0.1) is 25.3 Å². The highest BCUT2D eigenvalue weighted by atomic mass is 19.1. The van der Waals surface area contributed by atoms with Crippen LogP contribution in [0.1, 0.15) is 43.4 Å². The van der Waals surface area contributed by atoms with E-state index in [4.69, 9.17) is 9.47 Å². The lowest BCUT2D eigenvalue weighted by Gasteiger charge is -2.28. The fraction of sp³-hybridized carbons (Fsp3) is 0.407. The van der Waals surface area contributed by atoms with E-state index >= 15 is 0 Å². The first-order valence-electron chi connectivity index (χ1n) is 12.0. The molecular weight excluding hydrogens is 451 g/mol. The van der Waals surface area contributed by atoms with Crippen LogP contribution in [0.4, 0.5) is 4.39 Å². The van der Waals surface area contributed by atoms with Crippen LogP contribution in [0.25, 0.3) is 5.76 Å². The van der Waals surface area contributed by atoms with Crippen LogP contribution in [0.3, 0.4) is 0 Å². The quantitative estimate of drug-likeness (QED) is 0.329. The van der Waals surface area contributed by atoms with Gasteiger partial charge in [-0.1, -0.05) is 13.0 Å². The Morgan fingerprint density at radius 2 is 1.77 bits per heavy atom. The van der Waals surface area contributed by atoms with Crippen molar-refractivity contribution < 1.29 is 28.6 Å². The maximum atomic E-state index is 13.5. The molecule has 1 atom stereocenters. The van der Waals surface area contributed by atoms with E-state index in [1.807, 2.05) is 6.92 Å². The van der Waals surface area contributed by atoms with E-state index in [-0.39, 0.29) is 16.9 Å². The molecule has 35 heavy (non-hydrogen) atoms. The summed E-state index contributed by atoms with van der Waals surface area (Å²) in [5, 5.41) is 11.1. The maximum absolute atomic E-state index is 13.5. The van der Waals surface area contributed by atoms with Crippen molar-refractivity contribution in [2.45, 2.75) is 32.2 Å². The normalized spacial score (nSPS) is 20.0. The van der Waals surface area contributed by atoms with Crippen LogP contribution in [0.2, 0.25) is 0 Å². The number of nitrogens with zero attached hydrogens (tertiary/aromatic N) is 2. The summed E-state index contributed by atoms with van der Waals surface area (Å²) in [6.45, 7) is 5.42. The van der Waals surface area contributed by atoms with Gasteiger partial charge < -0.3 is 24.4 Å². The van der Waals surface area contributed by atoms with E-state index in [0.717, 1.165) is 32.4 Å². The molecule has 1 unspecified atom stereocenters. The van der Waals surface area contributed by atoms with Crippen LogP contribution in [-0.2, 0) is 9.59 Å². The van der Waals surface area contributed by atoms with Gasteiger partial charge in [-0.05, 0) is 74.3 Å². The summed E-state index contributed by atoms with van der Waals surface area (Å²) >= 11 is 0. The second-order valence-corrected chi connectivity index (χ2v) is 8.81. The van der Waals surface area contributed by atoms with Crippen LogP contribution >= 0.6 is 0 Å². The van der Waals surface area contributed by atoms with Crippen LogP contribution in [0.15, 0.2) is 48.0 Å². The molecular formula is C27H31FN2O5. The molecule has 1 amide bonds. The highest BCUT2D eigenvalue weighted by Crippen LogP contribution is 2.42. The molecule has 2 aliphatic rings. The summed E-state index contributed by atoms with van der Waals surface area (Å²) < 4.78 is 24.8. The summed E-state index contributed by atoms with van der Waals surface area (Å²) in [6, 6.07) is 9.66. The Balaban J connectivity index is 1.77. The number of methoxy groups -OCH3 is 1. The molecule has 0 aromatic heterocycles. The topological polar surface area (TPSA) is 79.3 Å². The lowest BCUT2D eigenvalue weighted by atomic mass is 9.95. The molecule has 2 aliphatic heterocycles. The van der Waals surface area contributed by atoms with Gasteiger partial charge in [-0.25, -0.2) is 4.39 Å². The Hall–Kier alpha value is -3.39. The lowest BCUT2D eigenvalue weighted by molar-refractivity contribution is -0.140. The fourth-order valence-electron chi connectivity index (χ4n) is 4.66. The minimum absolute atomic E-state index is 0.0210. The number of aliphatic hydroxyl groups excluding tert-OH is 1. The Morgan fingerprint density at radius 1 is 1.06 bits per heavy atom. The Labute approximate surface area is 204 Å². The molecule has 0 radical (unpaired) electrons. The standard InChI is InChI=1S/C27H31FN2O5/c1-3-16-35-21-11-8-19(17-22(21)34-2)24-23(25(31)18-6-9-20(28)10-7-18)26(32)27(33)30(24)15-14-29-12-4-5-13-29/h6-11,17,24,31H,3-5,12-16H2,1-2H3/b25-23+. The average molecular weight is 483 g/mol. The van der Waals surface area contributed by atoms with Crippen LogP contribution in [0, 0.1) is 5.82 Å². The zero-order valence-electron chi connectivity index (χ0n) is 20.1. The average Bonchev–Trinajstić information content (AvgIpc) is 3.48. The summed E-state index contributed by atoms with van der Waals surface area (Å²) in [5.74, 6) is -1.18. The van der Waals surface area contributed by atoms with E-state index in [9.17, 15) is 19.1 Å². The van der Waals surface area contributed by atoms with Crippen molar-refractivity contribution >= 4 is 17.4 Å². The highest BCUT2D eigenvalue weighted by Gasteiger charge is 2.46. The second kappa shape index (κ2) is 10.9. The first-order chi connectivity index (χ1) is 16.9. The minimum Gasteiger partial charge on any atom is -0.507 e. The molecule has 2 aromatic carbocycles. The van der Waals surface area contributed by atoms with E-state index in [1.165, 1.54) is 36.3 Å². The minimum atomic E-state index is -0.809. The lowest BCUT2D eigenvalue weighted by Crippen LogP contribution is -2.37. The van der Waals surface area contributed by atoms with Crippen molar-refractivity contribution in [2.75, 3.05) is 39.9 Å². The Morgan fingerprint density at radius 3 is 2.43 bits per heavy atom. The van der Waals surface area contributed by atoms with E-state index in [1.54, 1.807) is 18.2 Å². The van der Waals surface area contributed by atoms with Gasteiger partial charge in [0.2, 0.25) is 0 Å². The molecule has 8 heteroatoms. The highest BCUT2D eigenvalue weighted by molar-refractivity contribution is 6.46. The molecule has 1 N–H and O–H groups in total. The molecule has 7 nitrogen and oxygen atoms in total. The molecule has 4 rings (SSSR count). The van der Waals surface area contributed by atoms with Crippen LogP contribution < -0.4 is 9.47 Å². The predicted octanol–water partition coefficient (Wildman–Crippen LogP) is 4.14. The number of carbonyl (C=O) groups is 2. The molecule has 0 aliphatic carbocycles. The van der Waals surface area contributed by atoms with Gasteiger partial charge in [-0.15, -0.1) is 0 Å². The Bertz CT molecular complexity index is 1110. The molecule has 2 fully saturated rings. The third-order valence-electron chi connectivity index (χ3n) is 6.48. The number of rotatable bonds is 9. The number of benzene rings is 2. The first-order valence-corrected chi connectivity index (χ1v) is 12.0. The van der Waals surface area contributed by atoms with Crippen molar-refractivity contribution in [3.8, 4) is 11.5 Å². The SMILES string of the molecule is CCCOc1ccc(C2/C(=C(\O)c3ccc(F)cc3)C(=O)C(=O)N2CCN2CCCC2)cc1OC. The second-order valence-electron chi connectivity index (χ2n) is 8.81. The van der Waals surface area contributed by atoms with Crippen LogP contribution in [0.5, 0.6) is 11.5 Å². The Kier molecular flexibility index (Phi) is 7.70. The fourth-order valence-corrected chi connectivity index (χ4v) is 4.66. The molecule has 186 valence electrons. The number of aliphatic hydroxyl groups is 1. The van der Waals surface area contributed by atoms with Gasteiger partial charge in [0.1, 0.15) is 11.6 Å². The number of likely N-dealkylation sites (tertiary alicyclic amines) is 2. The summed E-state index contributed by atoms with van der Waals surface area (Å²) in [4.78, 5) is 30.1. The van der Waals surface area contributed by atoms with Crippen molar-refractivity contribution in [2.24, 2.45) is 0 Å². The number of Topliss-reactive ketones (excluding diaryl/α,β-unsaturated/α-hetero) is 1. The van der Waals surface area contributed by atoms with Gasteiger partial charge >= 0.3 is 0 Å². The van der Waals surface area contributed by atoms with E-state index in [0.29, 0.717) is 36.8 Å². The molecule has 2 heterocycles. The van der Waals surface area contributed by atoms with Crippen molar-refractivity contribution in [3.63, 3.8) is 0 Å². The number of ketones is 1. The molecule has 0 bridgehead atoms. The zero-order valence-corrected chi connectivity index (χ0v) is 20.1. The molecule has 2 aromatic rings. The first kappa shape index (κ1) is 24.7. The maximum Gasteiger partial charge on any atom is 0.295 e. The number of carbonyl (C=O) groups excluding carboxylic acids is 2. The summed E-state index contributed by atoms with van der Waals surface area (Å²) in [6.07, 6.45) is 3.06. The zero-order chi connectivity index (χ0) is 24.9. The third kappa shape index (κ3) is 5.17. The van der Waals surface area contributed by atoms with E-state index < -0.39 is 23.5 Å². The monoisotopic (exact) mass is 482 g/mol. The van der Waals surface area contributed by atoms with Gasteiger partial charge in [0.15, 0.2) is 11.5 Å². The molecule has 0 spiro atoms. The van der Waals surface area contributed by atoms with Gasteiger partial charge in [-0.3, -0.25) is 9.59 Å². The molecule has 0 saturated carbocycles. The number of amides is 1. The number of ether oxygens (including phenoxy) is 2. The van der Waals surface area contributed by atoms with Crippen molar-refractivity contribution in [1.29, 1.82) is 0 Å². The summed E-state index contributed by atoms with van der Waals surface area (Å²) in [5.41, 5.74) is 0.867. The van der Waals surface area contributed by atoms with Gasteiger partial charge in [0, 0.05) is 18.7 Å². The largest absolute Gasteiger partial charge is 0.507 e. The van der Waals surface area contributed by atoms with Gasteiger partial charge in [-0.2, -0.15) is 0 Å². The number of hydrogen-bond donors (Lipinski definition) is 1. The number of halogens is 1. The van der Waals surface area contributed by atoms with E-state index in [2.05, 4.69) is 4.90 Å². The summed E-state index contributed by atoms with van der Waals surface area (Å²) in [7, 11) is 1.53. The van der Waals surface area contributed by atoms with Crippen molar-refractivity contribution in [3.05, 3.63) is 65.0 Å². The predicted molar refractivity (Wildman–Crippen MR) is 130 cm³/mol. The molecule has 2 saturated heterocycles. The smallest absolute Gasteiger partial charge is 0.295 e. The van der Waals surface area contributed by atoms with Crippen LogP contribution in [-0.4, -0.2) is 66.5 Å². The third-order valence-corrected chi connectivity index (χ3v) is 6.48. The number of hydrogen-bond acceptors (Lipinski definition) is 6. The van der Waals surface area contributed by atoms with Gasteiger partial charge in [0.25, 0.3) is 11.7 Å². The van der Waals surface area contributed by atoms with Crippen molar-refractivity contribution in [1.82, 2.24) is 9.80 Å².